The van der Waals surface area contributed by atoms with Gasteiger partial charge >= 0.3 is 0 Å². The molecule has 0 fully saturated rings. The molecule has 3 aromatic rings. The number of aromatic hydroxyl groups is 1. The maximum absolute atomic E-state index is 12.6. The Balaban J connectivity index is 1.84. The standard InChI is InChI=1S/C16H19N9O4/c1-24(2)8-10-12(19-23-25(10)15-14(17)21-29-22-15)16(27)20-18-7-9-5-4-6-11(28-3)13(9)26/h4-7,26H,8H2,1-3H3,(H2,17,21)(H,20,27)/p+1/b18-7+. The van der Waals surface area contributed by atoms with Crippen LogP contribution in [0.15, 0.2) is 27.9 Å². The van der Waals surface area contributed by atoms with Crippen LogP contribution in [0.25, 0.3) is 5.82 Å². The Kier molecular flexibility index (Phi) is 5.69. The van der Waals surface area contributed by atoms with Gasteiger partial charge in [0.05, 0.1) is 27.4 Å². The van der Waals surface area contributed by atoms with Gasteiger partial charge in [0, 0.05) is 5.56 Å². The third kappa shape index (κ3) is 4.14. The molecular formula is C16H20N9O4+. The summed E-state index contributed by atoms with van der Waals surface area (Å²) in [7, 11) is 5.23. The number of rotatable bonds is 7. The number of nitrogens with zero attached hydrogens (tertiary/aromatic N) is 6. The highest BCUT2D eigenvalue weighted by molar-refractivity contribution is 5.94. The van der Waals surface area contributed by atoms with E-state index in [0.29, 0.717) is 23.6 Å². The van der Waals surface area contributed by atoms with E-state index in [1.165, 1.54) is 18.0 Å². The number of nitrogen functional groups attached to an aromatic ring is 1. The molecular weight excluding hydrogens is 382 g/mol. The molecule has 0 atom stereocenters. The monoisotopic (exact) mass is 402 g/mol. The molecule has 2 aromatic heterocycles. The lowest BCUT2D eigenvalue weighted by Crippen LogP contribution is -3.04. The largest absolute Gasteiger partial charge is 0.504 e. The summed E-state index contributed by atoms with van der Waals surface area (Å²) < 4.78 is 10.9. The van der Waals surface area contributed by atoms with Crippen LogP contribution < -0.4 is 20.8 Å². The van der Waals surface area contributed by atoms with Crippen molar-refractivity contribution in [2.75, 3.05) is 26.9 Å². The predicted octanol–water partition coefficient (Wildman–Crippen LogP) is -1.64. The number of hydrazone groups is 1. The van der Waals surface area contributed by atoms with Crippen molar-refractivity contribution in [1.29, 1.82) is 0 Å². The number of aromatic nitrogens is 5. The molecule has 5 N–H and O–H groups in total. The zero-order valence-electron chi connectivity index (χ0n) is 15.9. The maximum Gasteiger partial charge on any atom is 0.294 e. The number of phenolic OH excluding ortho intramolecular Hbond substituents is 1. The summed E-state index contributed by atoms with van der Waals surface area (Å²) in [5.74, 6) is -0.245. The van der Waals surface area contributed by atoms with Crippen molar-refractivity contribution in [3.05, 3.63) is 35.2 Å². The Morgan fingerprint density at radius 2 is 2.24 bits per heavy atom. The molecule has 13 nitrogen and oxygen atoms in total. The van der Waals surface area contributed by atoms with E-state index >= 15 is 0 Å². The average molecular weight is 402 g/mol. The number of phenols is 1. The van der Waals surface area contributed by atoms with Crippen molar-refractivity contribution in [1.82, 2.24) is 30.7 Å². The molecule has 13 heteroatoms. The molecule has 1 amide bonds. The fourth-order valence-corrected chi connectivity index (χ4v) is 2.50. The number of anilines is 1. The summed E-state index contributed by atoms with van der Waals surface area (Å²) in [5, 5.41) is 29.0. The minimum absolute atomic E-state index is 0.0170. The van der Waals surface area contributed by atoms with Gasteiger partial charge in [-0.15, -0.1) is 5.10 Å². The number of nitrogens with two attached hydrogens (primary N) is 1. The fourth-order valence-electron chi connectivity index (χ4n) is 2.50. The molecule has 1 aromatic carbocycles. The van der Waals surface area contributed by atoms with E-state index < -0.39 is 5.91 Å². The lowest BCUT2D eigenvalue weighted by Gasteiger charge is -2.09. The highest BCUT2D eigenvalue weighted by Crippen LogP contribution is 2.27. The molecule has 0 bridgehead atoms. The van der Waals surface area contributed by atoms with Gasteiger partial charge in [-0.2, -0.15) is 9.78 Å². The van der Waals surface area contributed by atoms with Crippen LogP contribution in [-0.4, -0.2) is 63.7 Å². The fraction of sp³-hybridized carbons (Fsp3) is 0.250. The van der Waals surface area contributed by atoms with Gasteiger partial charge < -0.3 is 20.5 Å². The minimum atomic E-state index is -0.596. The van der Waals surface area contributed by atoms with Crippen LogP contribution in [0.5, 0.6) is 11.5 Å². The number of carbonyl (C=O) groups is 1. The lowest BCUT2D eigenvalue weighted by molar-refractivity contribution is -0.873. The molecule has 0 aliphatic rings. The van der Waals surface area contributed by atoms with Crippen molar-refractivity contribution in [3.8, 4) is 17.3 Å². The average Bonchev–Trinajstić information content (AvgIpc) is 3.28. The molecule has 0 saturated carbocycles. The number of para-hydroxylation sites is 1. The topological polar surface area (TPSA) is 171 Å². The van der Waals surface area contributed by atoms with Gasteiger partial charge in [0.25, 0.3) is 5.91 Å². The van der Waals surface area contributed by atoms with Gasteiger partial charge in [-0.1, -0.05) is 11.3 Å². The number of quaternary nitrogens is 1. The SMILES string of the molecule is COc1cccc(/C=N/NC(=O)c2nnn(-c3nonc3N)c2C[NH+](C)C)c1O. The van der Waals surface area contributed by atoms with Gasteiger partial charge in [-0.25, -0.2) is 10.1 Å². The second kappa shape index (κ2) is 8.35. The summed E-state index contributed by atoms with van der Waals surface area (Å²) >= 11 is 0. The van der Waals surface area contributed by atoms with E-state index in [2.05, 4.69) is 35.8 Å². The van der Waals surface area contributed by atoms with E-state index in [1.54, 1.807) is 18.2 Å². The quantitative estimate of drug-likeness (QED) is 0.267. The first-order chi connectivity index (χ1) is 13.9. The Morgan fingerprint density at radius 3 is 2.90 bits per heavy atom. The van der Waals surface area contributed by atoms with E-state index in [0.717, 1.165) is 4.90 Å². The molecule has 0 aliphatic carbocycles. The molecule has 3 rings (SSSR count). The van der Waals surface area contributed by atoms with Crippen LogP contribution in [0.2, 0.25) is 0 Å². The van der Waals surface area contributed by atoms with Crippen molar-refractivity contribution < 1.29 is 24.2 Å². The van der Waals surface area contributed by atoms with Crippen LogP contribution in [-0.2, 0) is 6.54 Å². The van der Waals surface area contributed by atoms with Gasteiger partial charge in [0.1, 0.15) is 12.2 Å². The molecule has 2 heterocycles. The Morgan fingerprint density at radius 1 is 1.45 bits per heavy atom. The Labute approximate surface area is 164 Å². The molecule has 0 unspecified atom stereocenters. The van der Waals surface area contributed by atoms with Gasteiger partial charge in [0.15, 0.2) is 17.2 Å². The summed E-state index contributed by atoms with van der Waals surface area (Å²) in [6.45, 7) is 0.391. The predicted molar refractivity (Wildman–Crippen MR) is 99.9 cm³/mol. The first kappa shape index (κ1) is 19.8. The van der Waals surface area contributed by atoms with Crippen molar-refractivity contribution >= 4 is 17.9 Å². The van der Waals surface area contributed by atoms with Gasteiger partial charge in [0.2, 0.25) is 11.6 Å². The number of amides is 1. The van der Waals surface area contributed by atoms with Crippen LogP contribution >= 0.6 is 0 Å². The number of hydrogen-bond donors (Lipinski definition) is 4. The van der Waals surface area contributed by atoms with Crippen molar-refractivity contribution in [2.24, 2.45) is 5.10 Å². The molecule has 0 spiro atoms. The number of benzene rings is 1. The zero-order valence-corrected chi connectivity index (χ0v) is 15.9. The number of ether oxygens (including phenoxy) is 1. The van der Waals surface area contributed by atoms with Crippen molar-refractivity contribution in [2.45, 2.75) is 6.54 Å². The normalized spacial score (nSPS) is 11.3. The highest BCUT2D eigenvalue weighted by atomic mass is 16.6. The Bertz CT molecular complexity index is 1040. The van der Waals surface area contributed by atoms with Crippen LogP contribution in [0, 0.1) is 0 Å². The van der Waals surface area contributed by atoms with Gasteiger partial charge in [-0.05, 0) is 22.4 Å². The summed E-state index contributed by atoms with van der Waals surface area (Å²) in [6.07, 6.45) is 1.29. The summed E-state index contributed by atoms with van der Waals surface area (Å²) in [5.41, 5.74) is 8.94. The highest BCUT2D eigenvalue weighted by Gasteiger charge is 2.25. The van der Waals surface area contributed by atoms with Crippen molar-refractivity contribution in [3.63, 3.8) is 0 Å². The first-order valence-electron chi connectivity index (χ1n) is 8.43. The third-order valence-electron chi connectivity index (χ3n) is 3.82. The minimum Gasteiger partial charge on any atom is -0.504 e. The summed E-state index contributed by atoms with van der Waals surface area (Å²) in [6, 6.07) is 4.90. The van der Waals surface area contributed by atoms with Crippen LogP contribution in [0.3, 0.4) is 0 Å². The molecule has 0 radical (unpaired) electrons. The summed E-state index contributed by atoms with van der Waals surface area (Å²) in [4.78, 5) is 13.6. The van der Waals surface area contributed by atoms with Gasteiger partial charge in [-0.3, -0.25) is 4.79 Å². The van der Waals surface area contributed by atoms with E-state index in [1.807, 2.05) is 14.1 Å². The van der Waals surface area contributed by atoms with E-state index in [-0.39, 0.29) is 23.1 Å². The first-order valence-corrected chi connectivity index (χ1v) is 8.43. The van der Waals surface area contributed by atoms with E-state index in [4.69, 9.17) is 10.5 Å². The molecule has 0 aliphatic heterocycles. The zero-order chi connectivity index (χ0) is 21.0. The van der Waals surface area contributed by atoms with Crippen LogP contribution in [0.1, 0.15) is 21.7 Å². The maximum atomic E-state index is 12.6. The number of carbonyl (C=O) groups excluding carboxylic acids is 1. The molecule has 152 valence electrons. The third-order valence-corrected chi connectivity index (χ3v) is 3.82. The molecule has 29 heavy (non-hydrogen) atoms. The smallest absolute Gasteiger partial charge is 0.294 e. The second-order valence-corrected chi connectivity index (χ2v) is 6.25. The number of nitrogens with one attached hydrogen (secondary N) is 2. The number of methoxy groups -OCH3 is 1. The second-order valence-electron chi connectivity index (χ2n) is 6.25. The molecule has 0 saturated heterocycles. The Hall–Kier alpha value is -4.00. The van der Waals surface area contributed by atoms with E-state index in [9.17, 15) is 9.90 Å². The number of hydrogen-bond acceptors (Lipinski definition) is 10. The van der Waals surface area contributed by atoms with Crippen LogP contribution in [0.4, 0.5) is 5.82 Å². The lowest BCUT2D eigenvalue weighted by atomic mass is 10.2.